The van der Waals surface area contributed by atoms with Gasteiger partial charge in [-0.25, -0.2) is 18.1 Å². The van der Waals surface area contributed by atoms with E-state index >= 15 is 0 Å². The van der Waals surface area contributed by atoms with Crippen molar-refractivity contribution < 1.29 is 31.5 Å². The van der Waals surface area contributed by atoms with Gasteiger partial charge in [-0.2, -0.15) is 13.2 Å². The first-order valence-electron chi connectivity index (χ1n) is 15.4. The molecule has 1 unspecified atom stereocenters. The molecule has 5 rings (SSSR count). The lowest BCUT2D eigenvalue weighted by molar-refractivity contribution is -0.137. The van der Waals surface area contributed by atoms with Crippen LogP contribution < -0.4 is 15.4 Å². The van der Waals surface area contributed by atoms with Gasteiger partial charge in [0, 0.05) is 35.6 Å². The predicted molar refractivity (Wildman–Crippen MR) is 174 cm³/mol. The highest BCUT2D eigenvalue weighted by atomic mass is 32.2. The minimum Gasteiger partial charge on any atom is -0.395 e. The van der Waals surface area contributed by atoms with Gasteiger partial charge in [0.25, 0.3) is 5.91 Å². The molecule has 0 bridgehead atoms. The van der Waals surface area contributed by atoms with E-state index in [1.165, 1.54) is 37.4 Å². The van der Waals surface area contributed by atoms with Gasteiger partial charge in [-0.05, 0) is 75.8 Å². The first-order valence-corrected chi connectivity index (χ1v) is 16.9. The molecule has 47 heavy (non-hydrogen) atoms. The Morgan fingerprint density at radius 1 is 1.04 bits per heavy atom. The number of nitrogens with one attached hydrogen (secondary N) is 3. The molecule has 0 saturated carbocycles. The number of amides is 1. The van der Waals surface area contributed by atoms with Crippen LogP contribution in [0, 0.1) is 0 Å². The fourth-order valence-electron chi connectivity index (χ4n) is 5.94. The van der Waals surface area contributed by atoms with E-state index in [4.69, 9.17) is 4.98 Å². The van der Waals surface area contributed by atoms with Crippen LogP contribution in [0.3, 0.4) is 0 Å². The fraction of sp³-hybridized carbons (Fsp3) is 0.353. The van der Waals surface area contributed by atoms with Crippen molar-refractivity contribution in [2.75, 3.05) is 33.3 Å². The summed E-state index contributed by atoms with van der Waals surface area (Å²) in [6, 6.07) is 18.1. The number of carbonyl (C=O) groups excluding carboxylic acids is 1. The molecule has 1 aliphatic rings. The van der Waals surface area contributed by atoms with E-state index in [-0.39, 0.29) is 51.8 Å². The normalized spacial score (nSPS) is 15.5. The van der Waals surface area contributed by atoms with Crippen molar-refractivity contribution in [3.63, 3.8) is 0 Å². The Kier molecular flexibility index (Phi) is 10.6. The van der Waals surface area contributed by atoms with Crippen LogP contribution in [0.25, 0.3) is 22.2 Å². The van der Waals surface area contributed by atoms with Gasteiger partial charge in [0.05, 0.1) is 39.9 Å². The van der Waals surface area contributed by atoms with Crippen molar-refractivity contribution in [3.05, 3.63) is 95.1 Å². The maximum absolute atomic E-state index is 14.4. The summed E-state index contributed by atoms with van der Waals surface area (Å²) in [7, 11) is -2.62. The number of pyridine rings is 1. The van der Waals surface area contributed by atoms with Crippen LogP contribution in [0.1, 0.15) is 52.9 Å². The molecule has 3 aromatic carbocycles. The first-order chi connectivity index (χ1) is 22.4. The number of rotatable bonds is 11. The van der Waals surface area contributed by atoms with Crippen LogP contribution in [0.5, 0.6) is 0 Å². The summed E-state index contributed by atoms with van der Waals surface area (Å²) in [5.41, 5.74) is 1.21. The minimum absolute atomic E-state index is 0.0223. The second kappa shape index (κ2) is 14.5. The molecule has 0 spiro atoms. The molecule has 0 radical (unpaired) electrons. The number of aromatic nitrogens is 1. The van der Waals surface area contributed by atoms with E-state index in [0.29, 0.717) is 25.2 Å². The summed E-state index contributed by atoms with van der Waals surface area (Å²) in [6.45, 7) is 3.75. The number of halogens is 3. The third-order valence-electron chi connectivity index (χ3n) is 8.49. The Bertz CT molecular complexity index is 1830. The van der Waals surface area contributed by atoms with Crippen LogP contribution in [-0.4, -0.2) is 68.6 Å². The van der Waals surface area contributed by atoms with Gasteiger partial charge in [0.1, 0.15) is 0 Å². The number of fused-ring (bicyclic) bond motifs is 1. The molecule has 1 amide bonds. The van der Waals surface area contributed by atoms with Crippen LogP contribution in [0.2, 0.25) is 0 Å². The van der Waals surface area contributed by atoms with Crippen molar-refractivity contribution in [2.45, 2.75) is 49.5 Å². The third kappa shape index (κ3) is 7.99. The number of nitrogens with zero attached hydrogens (tertiary/aromatic N) is 2. The zero-order valence-electron chi connectivity index (χ0n) is 26.1. The lowest BCUT2D eigenvalue weighted by atomic mass is 9.93. The summed E-state index contributed by atoms with van der Waals surface area (Å²) in [5.74, 6) is -0.504. The maximum atomic E-state index is 14.4. The summed E-state index contributed by atoms with van der Waals surface area (Å²) < 4.78 is 69.6. The van der Waals surface area contributed by atoms with Gasteiger partial charge in [0.15, 0.2) is 0 Å². The van der Waals surface area contributed by atoms with Gasteiger partial charge in [0.2, 0.25) is 10.0 Å². The monoisotopic (exact) mass is 669 g/mol. The number of likely N-dealkylation sites (tertiary alicyclic amines) is 1. The van der Waals surface area contributed by atoms with Crippen LogP contribution in [-0.2, 0) is 22.7 Å². The maximum Gasteiger partial charge on any atom is 0.416 e. The summed E-state index contributed by atoms with van der Waals surface area (Å²) in [6.07, 6.45) is -3.08. The molecule has 4 aromatic rings. The smallest absolute Gasteiger partial charge is 0.395 e. The highest BCUT2D eigenvalue weighted by Gasteiger charge is 2.32. The molecule has 1 saturated heterocycles. The quantitative estimate of drug-likeness (QED) is 0.180. The molecule has 250 valence electrons. The number of aliphatic hydroxyl groups is 1. The van der Waals surface area contributed by atoms with E-state index in [0.717, 1.165) is 30.5 Å². The van der Waals surface area contributed by atoms with E-state index in [9.17, 15) is 31.5 Å². The fourth-order valence-corrected chi connectivity index (χ4v) is 6.70. The number of sulfonamides is 1. The second-order valence-corrected chi connectivity index (χ2v) is 13.5. The zero-order valence-corrected chi connectivity index (χ0v) is 27.0. The number of benzene rings is 3. The highest BCUT2D eigenvalue weighted by molar-refractivity contribution is 7.89. The van der Waals surface area contributed by atoms with Crippen molar-refractivity contribution in [2.24, 2.45) is 0 Å². The Hall–Kier alpha value is -3.88. The molecule has 9 nitrogen and oxygen atoms in total. The number of hydrogen-bond acceptors (Lipinski definition) is 7. The Morgan fingerprint density at radius 3 is 2.43 bits per heavy atom. The number of carbonyl (C=O) groups is 1. The molecule has 1 aliphatic heterocycles. The topological polar surface area (TPSA) is 124 Å². The van der Waals surface area contributed by atoms with Crippen molar-refractivity contribution in [3.8, 4) is 11.3 Å². The standard InChI is InChI=1S/C34H38F3N5O4S/c1-22(23-7-4-3-5-8-23)40-33(44)31-28-20-27(47(45,46)38-2)11-12-30(28)41-32(24-9-6-10-25(19-24)34(35,36)37)29(31)21-42-16-13-26(14-17-42)39-15-18-43/h3-12,19-20,22,26,38-39,43H,13-18,21H2,1-2H3,(H,40,44). The third-order valence-corrected chi connectivity index (χ3v) is 9.90. The molecule has 13 heteroatoms. The Balaban J connectivity index is 1.70. The van der Waals surface area contributed by atoms with Gasteiger partial charge >= 0.3 is 6.18 Å². The molecule has 1 aromatic heterocycles. The first kappa shape index (κ1) is 34.5. The lowest BCUT2D eigenvalue weighted by Gasteiger charge is -2.33. The van der Waals surface area contributed by atoms with Crippen molar-refractivity contribution >= 4 is 26.8 Å². The average molecular weight is 670 g/mol. The predicted octanol–water partition coefficient (Wildman–Crippen LogP) is 4.87. The van der Waals surface area contributed by atoms with Gasteiger partial charge < -0.3 is 15.7 Å². The molecule has 1 atom stereocenters. The molecule has 2 heterocycles. The van der Waals surface area contributed by atoms with Crippen LogP contribution >= 0.6 is 0 Å². The molecular formula is C34H38F3N5O4S. The zero-order chi connectivity index (χ0) is 33.8. The highest BCUT2D eigenvalue weighted by Crippen LogP contribution is 2.37. The average Bonchev–Trinajstić information content (AvgIpc) is 3.07. The number of hydrogen-bond donors (Lipinski definition) is 4. The van der Waals surface area contributed by atoms with Crippen LogP contribution in [0.15, 0.2) is 77.7 Å². The summed E-state index contributed by atoms with van der Waals surface area (Å²) >= 11 is 0. The number of aliphatic hydroxyl groups excluding tert-OH is 1. The summed E-state index contributed by atoms with van der Waals surface area (Å²) in [4.78, 5) is 21.2. The molecule has 4 N–H and O–H groups in total. The second-order valence-electron chi connectivity index (χ2n) is 11.6. The van der Waals surface area contributed by atoms with Crippen molar-refractivity contribution in [1.29, 1.82) is 0 Å². The largest absolute Gasteiger partial charge is 0.416 e. The molecule has 0 aliphatic carbocycles. The number of piperidine rings is 1. The van der Waals surface area contributed by atoms with Gasteiger partial charge in [-0.1, -0.05) is 42.5 Å². The van der Waals surface area contributed by atoms with E-state index in [1.54, 1.807) is 0 Å². The van der Waals surface area contributed by atoms with Crippen LogP contribution in [0.4, 0.5) is 13.2 Å². The molecule has 1 fully saturated rings. The summed E-state index contributed by atoms with van der Waals surface area (Å²) in [5, 5.41) is 15.8. The Morgan fingerprint density at radius 2 is 1.77 bits per heavy atom. The van der Waals surface area contributed by atoms with E-state index < -0.39 is 33.7 Å². The minimum atomic E-state index is -4.60. The van der Waals surface area contributed by atoms with Gasteiger partial charge in [-0.3, -0.25) is 9.69 Å². The van der Waals surface area contributed by atoms with Gasteiger partial charge in [-0.15, -0.1) is 0 Å². The van der Waals surface area contributed by atoms with E-state index in [1.807, 2.05) is 37.3 Å². The van der Waals surface area contributed by atoms with E-state index in [2.05, 4.69) is 20.3 Å². The molecular weight excluding hydrogens is 631 g/mol. The lowest BCUT2D eigenvalue weighted by Crippen LogP contribution is -2.43. The Labute approximate surface area is 272 Å². The number of alkyl halides is 3. The van der Waals surface area contributed by atoms with Crippen molar-refractivity contribution in [1.82, 2.24) is 25.2 Å². The SMILES string of the molecule is CNS(=O)(=O)c1ccc2nc(-c3cccc(C(F)(F)F)c3)c(CN3CCC(NCCO)CC3)c(C(=O)NC(C)c3ccccc3)c2c1.